The third-order valence-corrected chi connectivity index (χ3v) is 5.62. The zero-order chi connectivity index (χ0) is 28.8. The molecule has 1 amide bonds. The monoisotopic (exact) mass is 579 g/mol. The topological polar surface area (TPSA) is 55.4 Å². The Morgan fingerprint density at radius 3 is 1.84 bits per heavy atom. The minimum absolute atomic E-state index is 0.0314. The molecule has 0 unspecified atom stereocenters. The molecule has 1 aromatic heterocycles. The van der Waals surface area contributed by atoms with Crippen LogP contribution in [0.3, 0.4) is 0 Å². The molecule has 0 saturated carbocycles. The van der Waals surface area contributed by atoms with E-state index in [1.807, 2.05) is 0 Å². The molecule has 1 heterocycles. The number of esters is 1. The maximum absolute atomic E-state index is 14.1. The Morgan fingerprint density at radius 1 is 0.865 bits per heavy atom. The summed E-state index contributed by atoms with van der Waals surface area (Å²) in [5.74, 6) is -43.2. The number of ether oxygens (including phenoxy) is 1. The zero-order valence-corrected chi connectivity index (χ0v) is 18.3. The van der Waals surface area contributed by atoms with Gasteiger partial charge in [-0.25, -0.2) is 18.0 Å². The Balaban J connectivity index is 2.53. The Morgan fingerprint density at radius 2 is 1.38 bits per heavy atom. The van der Waals surface area contributed by atoms with Gasteiger partial charge in [-0.3, -0.25) is 4.79 Å². The Kier molecular flexibility index (Phi) is 7.89. The number of hydrogen-bond acceptors (Lipinski definition) is 4. The van der Waals surface area contributed by atoms with E-state index in [-0.39, 0.29) is 22.5 Å². The molecule has 37 heavy (non-hydrogen) atoms. The van der Waals surface area contributed by atoms with E-state index in [1.165, 1.54) is 0 Å². The van der Waals surface area contributed by atoms with Gasteiger partial charge < -0.3 is 10.1 Å². The van der Waals surface area contributed by atoms with Crippen molar-refractivity contribution in [2.24, 2.45) is 0 Å². The van der Waals surface area contributed by atoms with E-state index in [1.54, 1.807) is 0 Å². The standard InChI is InChI=1S/C19H10F13NO3S/c1-36-12(34)10-9(7-2-4-8(20)5-3-7)6-37-11(10)33-14(35)16(25,26)18(29,30)19(31,32)17(27,28)15(23,24)13(21)22/h2-6,13H,1H3,(H,33,35). The molecule has 0 atom stereocenters. The molecule has 4 nitrogen and oxygen atoms in total. The third kappa shape index (κ3) is 4.70. The molecule has 0 aliphatic carbocycles. The summed E-state index contributed by atoms with van der Waals surface area (Å²) in [5.41, 5.74) is -1.17. The van der Waals surface area contributed by atoms with Gasteiger partial charge in [-0.05, 0) is 17.7 Å². The number of anilines is 1. The number of rotatable bonds is 9. The number of hydrogen-bond donors (Lipinski definition) is 1. The first-order chi connectivity index (χ1) is 16.7. The number of amides is 1. The summed E-state index contributed by atoms with van der Waals surface area (Å²) in [7, 11) is 0.731. The minimum Gasteiger partial charge on any atom is -0.465 e. The van der Waals surface area contributed by atoms with Crippen molar-refractivity contribution in [1.82, 2.24) is 0 Å². The Hall–Kier alpha value is -3.05. The van der Waals surface area contributed by atoms with Crippen LogP contribution in [0.5, 0.6) is 0 Å². The molecule has 206 valence electrons. The molecule has 0 spiro atoms. The van der Waals surface area contributed by atoms with Crippen LogP contribution in [0, 0.1) is 5.82 Å². The van der Waals surface area contributed by atoms with Gasteiger partial charge in [0.15, 0.2) is 0 Å². The van der Waals surface area contributed by atoms with Crippen LogP contribution in [-0.4, -0.2) is 55.0 Å². The quantitative estimate of drug-likeness (QED) is 0.265. The van der Waals surface area contributed by atoms with E-state index in [0.29, 0.717) is 0 Å². The summed E-state index contributed by atoms with van der Waals surface area (Å²) in [5, 5.41) is 0.750. The van der Waals surface area contributed by atoms with E-state index >= 15 is 0 Å². The Bertz CT molecular complexity index is 1160. The van der Waals surface area contributed by atoms with Crippen LogP contribution in [0.25, 0.3) is 11.1 Å². The van der Waals surface area contributed by atoms with E-state index in [9.17, 15) is 66.7 Å². The van der Waals surface area contributed by atoms with Gasteiger partial charge in [0.25, 0.3) is 0 Å². The smallest absolute Gasteiger partial charge is 0.393 e. The van der Waals surface area contributed by atoms with Crippen molar-refractivity contribution in [1.29, 1.82) is 0 Å². The summed E-state index contributed by atoms with van der Waals surface area (Å²) in [6.07, 6.45) is -5.69. The number of carbonyl (C=O) groups excluding carboxylic acids is 2. The molecule has 1 N–H and O–H groups in total. The number of nitrogens with one attached hydrogen (secondary N) is 1. The van der Waals surface area contributed by atoms with E-state index in [2.05, 4.69) is 4.74 Å². The Labute approximate surface area is 201 Å². The number of halogens is 13. The summed E-state index contributed by atoms with van der Waals surface area (Å²) in [4.78, 5) is 23.9. The molecule has 0 aliphatic rings. The first-order valence-electron chi connectivity index (χ1n) is 9.12. The van der Waals surface area contributed by atoms with Gasteiger partial charge in [0, 0.05) is 10.9 Å². The fraction of sp³-hybridized carbons (Fsp3) is 0.368. The van der Waals surface area contributed by atoms with Crippen LogP contribution in [0.4, 0.5) is 62.1 Å². The van der Waals surface area contributed by atoms with Crippen molar-refractivity contribution >= 4 is 28.2 Å². The first kappa shape index (κ1) is 30.2. The van der Waals surface area contributed by atoms with Gasteiger partial charge in [0.2, 0.25) is 0 Å². The molecular formula is C19H10F13NO3S. The van der Waals surface area contributed by atoms with E-state index in [4.69, 9.17) is 0 Å². The molecule has 0 fully saturated rings. The second-order valence-corrected chi connectivity index (χ2v) is 7.91. The second kappa shape index (κ2) is 9.68. The molecule has 0 bridgehead atoms. The van der Waals surface area contributed by atoms with Crippen LogP contribution >= 0.6 is 11.3 Å². The van der Waals surface area contributed by atoms with Gasteiger partial charge in [-0.1, -0.05) is 12.1 Å². The fourth-order valence-corrected chi connectivity index (χ4v) is 3.61. The molecule has 0 saturated heterocycles. The highest BCUT2D eigenvalue weighted by molar-refractivity contribution is 7.15. The van der Waals surface area contributed by atoms with Gasteiger partial charge in [0.05, 0.1) is 7.11 Å². The lowest BCUT2D eigenvalue weighted by Gasteiger charge is -2.38. The maximum Gasteiger partial charge on any atom is 0.393 e. The average molecular weight is 579 g/mol. The SMILES string of the molecule is COC(=O)c1c(-c2ccc(F)cc2)csc1NC(=O)C(F)(F)C(F)(F)C(F)(F)C(F)(F)C(F)(F)C(F)F. The van der Waals surface area contributed by atoms with Crippen LogP contribution in [0.2, 0.25) is 0 Å². The normalized spacial score (nSPS) is 13.6. The van der Waals surface area contributed by atoms with E-state index < -0.39 is 64.3 Å². The maximum atomic E-state index is 14.1. The van der Waals surface area contributed by atoms with Crippen LogP contribution in [0.15, 0.2) is 29.6 Å². The summed E-state index contributed by atoms with van der Waals surface area (Å²) >= 11 is 0.136. The van der Waals surface area contributed by atoms with E-state index in [0.717, 1.165) is 42.1 Å². The van der Waals surface area contributed by atoms with Crippen LogP contribution in [0.1, 0.15) is 10.4 Å². The fourth-order valence-electron chi connectivity index (χ4n) is 2.66. The van der Waals surface area contributed by atoms with Crippen LogP contribution in [-0.2, 0) is 9.53 Å². The molecule has 0 radical (unpaired) electrons. The highest BCUT2D eigenvalue weighted by atomic mass is 32.1. The van der Waals surface area contributed by atoms with Crippen molar-refractivity contribution in [3.05, 3.63) is 41.0 Å². The predicted molar refractivity (Wildman–Crippen MR) is 100 cm³/mol. The lowest BCUT2D eigenvalue weighted by molar-refractivity contribution is -0.406. The summed E-state index contributed by atoms with van der Waals surface area (Å²) in [6, 6.07) is 3.78. The molecule has 2 rings (SSSR count). The van der Waals surface area contributed by atoms with Gasteiger partial charge in [-0.2, -0.15) is 43.9 Å². The number of carbonyl (C=O) groups is 2. The number of methoxy groups -OCH3 is 1. The lowest BCUT2D eigenvalue weighted by Crippen LogP contribution is -2.70. The highest BCUT2D eigenvalue weighted by Gasteiger charge is 2.89. The van der Waals surface area contributed by atoms with Gasteiger partial charge >= 0.3 is 47.9 Å². The molecule has 0 aliphatic heterocycles. The van der Waals surface area contributed by atoms with Gasteiger partial charge in [0.1, 0.15) is 16.4 Å². The third-order valence-electron chi connectivity index (χ3n) is 4.72. The van der Waals surface area contributed by atoms with Crippen molar-refractivity contribution < 1.29 is 71.4 Å². The highest BCUT2D eigenvalue weighted by Crippen LogP contribution is 2.58. The van der Waals surface area contributed by atoms with Crippen molar-refractivity contribution in [3.63, 3.8) is 0 Å². The molecule has 1 aromatic carbocycles. The molecule has 18 heteroatoms. The average Bonchev–Trinajstić information content (AvgIpc) is 3.21. The largest absolute Gasteiger partial charge is 0.465 e. The number of thiophene rings is 1. The summed E-state index contributed by atoms with van der Waals surface area (Å²) in [6.45, 7) is 0. The zero-order valence-electron chi connectivity index (χ0n) is 17.5. The van der Waals surface area contributed by atoms with Crippen molar-refractivity contribution in [3.8, 4) is 11.1 Å². The number of alkyl halides is 12. The first-order valence-corrected chi connectivity index (χ1v) is 10.0. The minimum atomic E-state index is -7.90. The molecular weight excluding hydrogens is 569 g/mol. The lowest BCUT2D eigenvalue weighted by atomic mass is 9.94. The van der Waals surface area contributed by atoms with Crippen molar-refractivity contribution in [2.75, 3.05) is 12.4 Å². The van der Waals surface area contributed by atoms with Gasteiger partial charge in [-0.15, -0.1) is 11.3 Å². The van der Waals surface area contributed by atoms with Crippen molar-refractivity contribution in [2.45, 2.75) is 36.0 Å². The second-order valence-electron chi connectivity index (χ2n) is 7.03. The van der Waals surface area contributed by atoms with Crippen LogP contribution < -0.4 is 5.32 Å². The molecule has 2 aromatic rings. The number of benzene rings is 1. The summed E-state index contributed by atoms with van der Waals surface area (Å²) < 4.78 is 178. The predicted octanol–water partition coefficient (Wildman–Crippen LogP) is 6.72.